The molecule has 1 unspecified atom stereocenters. The van der Waals surface area contributed by atoms with Gasteiger partial charge < -0.3 is 19.3 Å². The Hall–Kier alpha value is -2.67. The first-order chi connectivity index (χ1) is 13.3. The Labute approximate surface area is 165 Å². The fraction of sp³-hybridized carbons (Fsp3) is 0.476. The number of nitrogens with zero attached hydrogens (tertiary/aromatic N) is 5. The van der Waals surface area contributed by atoms with Gasteiger partial charge in [0.25, 0.3) is 0 Å². The van der Waals surface area contributed by atoms with E-state index in [-0.39, 0.29) is 11.5 Å². The molecule has 148 valence electrons. The van der Waals surface area contributed by atoms with Gasteiger partial charge in [-0.05, 0) is 24.1 Å². The fourth-order valence-electron chi connectivity index (χ4n) is 3.46. The van der Waals surface area contributed by atoms with E-state index in [0.717, 1.165) is 47.1 Å². The average molecular weight is 381 g/mol. The van der Waals surface area contributed by atoms with Crippen LogP contribution in [0.1, 0.15) is 38.6 Å². The molecule has 3 heterocycles. The van der Waals surface area contributed by atoms with Gasteiger partial charge in [-0.3, -0.25) is 0 Å². The maximum absolute atomic E-state index is 9.98. The quantitative estimate of drug-likeness (QED) is 0.749. The van der Waals surface area contributed by atoms with Crippen molar-refractivity contribution in [2.24, 2.45) is 0 Å². The second kappa shape index (κ2) is 7.05. The van der Waals surface area contributed by atoms with Crippen molar-refractivity contribution < 1.29 is 9.84 Å². The highest BCUT2D eigenvalue weighted by molar-refractivity contribution is 5.84. The van der Waals surface area contributed by atoms with E-state index in [1.807, 2.05) is 30.6 Å². The number of anilines is 1. The molecule has 0 bridgehead atoms. The van der Waals surface area contributed by atoms with E-state index in [4.69, 9.17) is 14.7 Å². The zero-order chi connectivity index (χ0) is 19.9. The molecule has 0 spiro atoms. The molecule has 1 aliphatic rings. The third-order valence-corrected chi connectivity index (χ3v) is 5.09. The number of aliphatic hydroxyl groups is 1. The van der Waals surface area contributed by atoms with Gasteiger partial charge in [0.2, 0.25) is 0 Å². The topological polar surface area (TPSA) is 76.3 Å². The van der Waals surface area contributed by atoms with Crippen LogP contribution in [0.2, 0.25) is 0 Å². The van der Waals surface area contributed by atoms with Gasteiger partial charge in [-0.25, -0.2) is 15.0 Å². The van der Waals surface area contributed by atoms with Crippen LogP contribution in [0.4, 0.5) is 5.82 Å². The Bertz CT molecular complexity index is 975. The number of ether oxygens (including phenoxy) is 1. The minimum Gasteiger partial charge on any atom is -0.497 e. The lowest BCUT2D eigenvalue weighted by Crippen LogP contribution is -2.25. The predicted molar refractivity (Wildman–Crippen MR) is 109 cm³/mol. The summed E-state index contributed by atoms with van der Waals surface area (Å²) in [5, 5.41) is 9.98. The van der Waals surface area contributed by atoms with Crippen molar-refractivity contribution in [3.8, 4) is 5.75 Å². The molecule has 1 atom stereocenters. The van der Waals surface area contributed by atoms with Gasteiger partial charge in [-0.15, -0.1) is 0 Å². The molecule has 0 radical (unpaired) electrons. The van der Waals surface area contributed by atoms with Gasteiger partial charge in [0, 0.05) is 18.5 Å². The summed E-state index contributed by atoms with van der Waals surface area (Å²) in [7, 11) is 1.67. The predicted octanol–water partition coefficient (Wildman–Crippen LogP) is 2.75. The van der Waals surface area contributed by atoms with Crippen LogP contribution in [-0.2, 0) is 12.0 Å². The lowest BCUT2D eigenvalue weighted by atomic mass is 9.96. The van der Waals surface area contributed by atoms with Crippen LogP contribution in [0, 0.1) is 0 Å². The number of aromatic nitrogens is 4. The standard InChI is InChI=1S/C21H27N5O2/c1-21(2,3)20-23-18(25-10-9-15(27)12-25)17-19(24-20)26(13-22-17)11-14-5-7-16(28-4)8-6-14/h5-8,13,15,27H,9-12H2,1-4H3. The number of hydrogen-bond donors (Lipinski definition) is 1. The zero-order valence-electron chi connectivity index (χ0n) is 16.9. The van der Waals surface area contributed by atoms with E-state index in [2.05, 4.69) is 35.2 Å². The fourth-order valence-corrected chi connectivity index (χ4v) is 3.46. The number of aliphatic hydroxyl groups excluding tert-OH is 1. The average Bonchev–Trinajstić information content (AvgIpc) is 3.27. The van der Waals surface area contributed by atoms with Gasteiger partial charge >= 0.3 is 0 Å². The molecule has 28 heavy (non-hydrogen) atoms. The largest absolute Gasteiger partial charge is 0.497 e. The van der Waals surface area contributed by atoms with Crippen molar-refractivity contribution >= 4 is 17.0 Å². The summed E-state index contributed by atoms with van der Waals surface area (Å²) in [6.07, 6.45) is 2.26. The van der Waals surface area contributed by atoms with Crippen LogP contribution in [0.3, 0.4) is 0 Å². The molecule has 1 N–H and O–H groups in total. The van der Waals surface area contributed by atoms with Crippen molar-refractivity contribution in [3.63, 3.8) is 0 Å². The van der Waals surface area contributed by atoms with E-state index < -0.39 is 0 Å². The lowest BCUT2D eigenvalue weighted by Gasteiger charge is -2.22. The second-order valence-electron chi connectivity index (χ2n) is 8.40. The Kier molecular flexibility index (Phi) is 4.71. The Morgan fingerprint density at radius 2 is 1.93 bits per heavy atom. The molecule has 7 nitrogen and oxygen atoms in total. The van der Waals surface area contributed by atoms with Crippen molar-refractivity contribution in [1.29, 1.82) is 0 Å². The third kappa shape index (κ3) is 3.54. The molecule has 0 aliphatic carbocycles. The second-order valence-corrected chi connectivity index (χ2v) is 8.40. The number of β-amino-alcohol motifs (C(OH)–C–C–N with tert-alkyl or cyclic N) is 1. The number of imidazole rings is 1. The highest BCUT2D eigenvalue weighted by Crippen LogP contribution is 2.30. The van der Waals surface area contributed by atoms with Crippen LogP contribution in [-0.4, -0.2) is 50.9 Å². The maximum Gasteiger partial charge on any atom is 0.166 e. The molecule has 0 saturated carbocycles. The van der Waals surface area contributed by atoms with Crippen LogP contribution in [0.15, 0.2) is 30.6 Å². The molecule has 1 fully saturated rings. The van der Waals surface area contributed by atoms with Crippen molar-refractivity contribution in [3.05, 3.63) is 42.0 Å². The van der Waals surface area contributed by atoms with Crippen molar-refractivity contribution in [1.82, 2.24) is 19.5 Å². The Morgan fingerprint density at radius 3 is 2.54 bits per heavy atom. The summed E-state index contributed by atoms with van der Waals surface area (Å²) in [6.45, 7) is 8.37. The van der Waals surface area contributed by atoms with Gasteiger partial charge in [-0.1, -0.05) is 32.9 Å². The monoisotopic (exact) mass is 381 g/mol. The highest BCUT2D eigenvalue weighted by atomic mass is 16.5. The van der Waals surface area contributed by atoms with Crippen molar-refractivity contribution in [2.45, 2.75) is 45.3 Å². The smallest absolute Gasteiger partial charge is 0.166 e. The van der Waals surface area contributed by atoms with Gasteiger partial charge in [0.1, 0.15) is 11.6 Å². The molecule has 4 rings (SSSR count). The van der Waals surface area contributed by atoms with E-state index in [1.165, 1.54) is 0 Å². The molecule has 7 heteroatoms. The van der Waals surface area contributed by atoms with Crippen molar-refractivity contribution in [2.75, 3.05) is 25.1 Å². The maximum atomic E-state index is 9.98. The summed E-state index contributed by atoms with van der Waals surface area (Å²) < 4.78 is 7.30. The van der Waals surface area contributed by atoms with E-state index in [0.29, 0.717) is 13.1 Å². The number of methoxy groups -OCH3 is 1. The molecule has 1 saturated heterocycles. The lowest BCUT2D eigenvalue weighted by molar-refractivity contribution is 0.198. The first kappa shape index (κ1) is 18.7. The molecular weight excluding hydrogens is 354 g/mol. The van der Waals surface area contributed by atoms with Crippen LogP contribution in [0.25, 0.3) is 11.2 Å². The zero-order valence-corrected chi connectivity index (χ0v) is 16.9. The minimum absolute atomic E-state index is 0.184. The van der Waals surface area contributed by atoms with Gasteiger partial charge in [0.05, 0.1) is 26.1 Å². The molecule has 0 amide bonds. The summed E-state index contributed by atoms with van der Waals surface area (Å²) in [4.78, 5) is 16.5. The molecule has 1 aromatic carbocycles. The number of hydrogen-bond acceptors (Lipinski definition) is 6. The molecular formula is C21H27N5O2. The first-order valence-corrected chi connectivity index (χ1v) is 9.64. The van der Waals surface area contributed by atoms with E-state index >= 15 is 0 Å². The minimum atomic E-state index is -0.315. The number of rotatable bonds is 4. The molecule has 3 aromatic rings. The molecule has 2 aromatic heterocycles. The van der Waals surface area contributed by atoms with Gasteiger partial charge in [0.15, 0.2) is 17.0 Å². The first-order valence-electron chi connectivity index (χ1n) is 9.64. The third-order valence-electron chi connectivity index (χ3n) is 5.09. The summed E-state index contributed by atoms with van der Waals surface area (Å²) in [5.41, 5.74) is 2.58. The van der Waals surface area contributed by atoms with Crippen LogP contribution >= 0.6 is 0 Å². The Morgan fingerprint density at radius 1 is 1.18 bits per heavy atom. The normalized spacial score (nSPS) is 17.5. The highest BCUT2D eigenvalue weighted by Gasteiger charge is 2.28. The number of benzene rings is 1. The Balaban J connectivity index is 1.77. The summed E-state index contributed by atoms with van der Waals surface area (Å²) in [6, 6.07) is 8.02. The SMILES string of the molecule is COc1ccc(Cn2cnc3c(N4CCC(O)C4)nc(C(C)(C)C)nc32)cc1. The van der Waals surface area contributed by atoms with Crippen LogP contribution in [0.5, 0.6) is 5.75 Å². The van der Waals surface area contributed by atoms with Gasteiger partial charge in [-0.2, -0.15) is 0 Å². The summed E-state index contributed by atoms with van der Waals surface area (Å²) >= 11 is 0. The summed E-state index contributed by atoms with van der Waals surface area (Å²) in [5.74, 6) is 2.44. The van der Waals surface area contributed by atoms with E-state index in [1.54, 1.807) is 7.11 Å². The molecule has 1 aliphatic heterocycles. The number of fused-ring (bicyclic) bond motifs is 1. The van der Waals surface area contributed by atoms with Crippen LogP contribution < -0.4 is 9.64 Å². The van der Waals surface area contributed by atoms with E-state index in [9.17, 15) is 5.11 Å².